The Labute approximate surface area is 121 Å². The molecule has 0 aliphatic heterocycles. The number of hydrogen-bond acceptors (Lipinski definition) is 2. The zero-order chi connectivity index (χ0) is 15.0. The van der Waals surface area contributed by atoms with Crippen LogP contribution in [0, 0.1) is 5.41 Å². The maximum Gasteiger partial charge on any atom is 0.416 e. The van der Waals surface area contributed by atoms with Crippen LogP contribution in [0.5, 0.6) is 5.88 Å². The average molecular weight is 308 g/mol. The number of halogens is 4. The van der Waals surface area contributed by atoms with Gasteiger partial charge in [0.2, 0.25) is 5.88 Å². The lowest BCUT2D eigenvalue weighted by molar-refractivity contribution is -0.137. The zero-order valence-electron chi connectivity index (χ0n) is 11.4. The minimum Gasteiger partial charge on any atom is -0.474 e. The summed E-state index contributed by atoms with van der Waals surface area (Å²) in [5.74, 6) is -0.0467. The molecule has 6 heteroatoms. The van der Waals surface area contributed by atoms with Crippen LogP contribution < -0.4 is 4.74 Å². The predicted molar refractivity (Wildman–Crippen MR) is 70.9 cm³/mol. The second-order valence-electron chi connectivity index (χ2n) is 6.00. The third-order valence-electron chi connectivity index (χ3n) is 3.67. The van der Waals surface area contributed by atoms with E-state index in [0.29, 0.717) is 0 Å². The Bertz CT molecular complexity index is 478. The summed E-state index contributed by atoms with van der Waals surface area (Å²) in [6.07, 6.45) is -0.908. The number of alkyl halides is 3. The van der Waals surface area contributed by atoms with Crippen LogP contribution in [0.15, 0.2) is 12.1 Å². The van der Waals surface area contributed by atoms with Crippen LogP contribution in [0.2, 0.25) is 5.15 Å². The lowest BCUT2D eigenvalue weighted by Crippen LogP contribution is -2.28. The van der Waals surface area contributed by atoms with Gasteiger partial charge < -0.3 is 4.74 Å². The van der Waals surface area contributed by atoms with Crippen molar-refractivity contribution in [1.82, 2.24) is 4.98 Å². The normalized spacial score (nSPS) is 19.9. The molecule has 1 fully saturated rings. The summed E-state index contributed by atoms with van der Waals surface area (Å²) in [7, 11) is 0. The molecule has 0 atom stereocenters. The first kappa shape index (κ1) is 15.4. The predicted octanol–water partition coefficient (Wildman–Crippen LogP) is 5.10. The minimum absolute atomic E-state index is 0.0467. The van der Waals surface area contributed by atoms with Gasteiger partial charge in [-0.1, -0.05) is 25.4 Å². The van der Waals surface area contributed by atoms with Crippen LogP contribution in [-0.4, -0.2) is 11.1 Å². The molecule has 0 unspecified atom stereocenters. The van der Waals surface area contributed by atoms with E-state index < -0.39 is 11.7 Å². The molecule has 112 valence electrons. The van der Waals surface area contributed by atoms with E-state index in [4.69, 9.17) is 16.3 Å². The Kier molecular flexibility index (Phi) is 4.19. The molecular formula is C14H17ClF3NO. The summed E-state index contributed by atoms with van der Waals surface area (Å²) < 4.78 is 43.6. The minimum atomic E-state index is -4.45. The Hall–Kier alpha value is -0.970. The van der Waals surface area contributed by atoms with Gasteiger partial charge in [-0.05, 0) is 37.2 Å². The molecule has 1 heterocycles. The monoisotopic (exact) mass is 307 g/mol. The highest BCUT2D eigenvalue weighted by atomic mass is 35.5. The van der Waals surface area contributed by atoms with Crippen LogP contribution in [-0.2, 0) is 6.18 Å². The largest absolute Gasteiger partial charge is 0.474 e. The van der Waals surface area contributed by atoms with Gasteiger partial charge in [0.05, 0.1) is 5.56 Å². The Morgan fingerprint density at radius 2 is 1.85 bits per heavy atom. The summed E-state index contributed by atoms with van der Waals surface area (Å²) in [6.45, 7) is 4.37. The highest BCUT2D eigenvalue weighted by Gasteiger charge is 2.33. The van der Waals surface area contributed by atoms with Crippen molar-refractivity contribution < 1.29 is 17.9 Å². The molecule has 0 N–H and O–H groups in total. The molecule has 1 aromatic rings. The van der Waals surface area contributed by atoms with Gasteiger partial charge in [0.1, 0.15) is 11.3 Å². The van der Waals surface area contributed by atoms with Crippen molar-refractivity contribution in [3.63, 3.8) is 0 Å². The van der Waals surface area contributed by atoms with E-state index >= 15 is 0 Å². The average Bonchev–Trinajstić information content (AvgIpc) is 2.30. The van der Waals surface area contributed by atoms with E-state index in [1.807, 2.05) is 0 Å². The van der Waals surface area contributed by atoms with Gasteiger partial charge in [-0.2, -0.15) is 13.2 Å². The van der Waals surface area contributed by atoms with Gasteiger partial charge in [-0.15, -0.1) is 0 Å². The van der Waals surface area contributed by atoms with E-state index in [-0.39, 0.29) is 22.6 Å². The van der Waals surface area contributed by atoms with Crippen molar-refractivity contribution in [2.75, 3.05) is 0 Å². The standard InChI is InChI=1S/C14H17ClF3NO/c1-13(2)5-3-10(4-6-13)20-12-8-9(14(16,17)18)7-11(15)19-12/h7-8,10H,3-6H2,1-2H3. The molecule has 2 nitrogen and oxygen atoms in total. The van der Waals surface area contributed by atoms with Crippen molar-refractivity contribution in [3.05, 3.63) is 22.8 Å². The summed E-state index contributed by atoms with van der Waals surface area (Å²) in [5, 5.41) is -0.203. The van der Waals surface area contributed by atoms with Gasteiger partial charge in [0.15, 0.2) is 0 Å². The number of ether oxygens (including phenoxy) is 1. The maximum atomic E-state index is 12.7. The number of nitrogens with zero attached hydrogens (tertiary/aromatic N) is 1. The summed E-state index contributed by atoms with van der Waals surface area (Å²) in [6, 6.07) is 1.71. The fraction of sp³-hybridized carbons (Fsp3) is 0.643. The van der Waals surface area contributed by atoms with Crippen molar-refractivity contribution in [2.45, 2.75) is 51.8 Å². The molecule has 1 aliphatic carbocycles. The molecule has 0 spiro atoms. The summed E-state index contributed by atoms with van der Waals surface area (Å²) in [5.41, 5.74) is -0.553. The van der Waals surface area contributed by atoms with Gasteiger partial charge in [-0.25, -0.2) is 4.98 Å². The van der Waals surface area contributed by atoms with E-state index in [2.05, 4.69) is 18.8 Å². The molecule has 0 bridgehead atoms. The van der Waals surface area contributed by atoms with Crippen molar-refractivity contribution >= 4 is 11.6 Å². The quantitative estimate of drug-likeness (QED) is 0.709. The topological polar surface area (TPSA) is 22.1 Å². The fourth-order valence-corrected chi connectivity index (χ4v) is 2.56. The summed E-state index contributed by atoms with van der Waals surface area (Å²) >= 11 is 5.63. The van der Waals surface area contributed by atoms with Crippen LogP contribution in [0.25, 0.3) is 0 Å². The molecule has 20 heavy (non-hydrogen) atoms. The van der Waals surface area contributed by atoms with Crippen molar-refractivity contribution in [1.29, 1.82) is 0 Å². The van der Waals surface area contributed by atoms with E-state index in [1.54, 1.807) is 0 Å². The van der Waals surface area contributed by atoms with Crippen LogP contribution in [0.1, 0.15) is 45.1 Å². The molecule has 1 aromatic heterocycles. The van der Waals surface area contributed by atoms with E-state index in [0.717, 1.165) is 37.8 Å². The second kappa shape index (κ2) is 5.43. The zero-order valence-corrected chi connectivity index (χ0v) is 12.2. The van der Waals surface area contributed by atoms with Gasteiger partial charge in [-0.3, -0.25) is 0 Å². The van der Waals surface area contributed by atoms with Gasteiger partial charge >= 0.3 is 6.18 Å². The number of rotatable bonds is 2. The third kappa shape index (κ3) is 4.01. The molecule has 0 amide bonds. The lowest BCUT2D eigenvalue weighted by atomic mass is 9.76. The van der Waals surface area contributed by atoms with E-state index in [9.17, 15) is 13.2 Å². The first-order chi connectivity index (χ1) is 9.16. The fourth-order valence-electron chi connectivity index (χ4n) is 2.36. The molecule has 0 aromatic carbocycles. The highest BCUT2D eigenvalue weighted by Crippen LogP contribution is 2.37. The second-order valence-corrected chi connectivity index (χ2v) is 6.38. The number of pyridine rings is 1. The first-order valence-corrected chi connectivity index (χ1v) is 6.95. The van der Waals surface area contributed by atoms with Crippen molar-refractivity contribution in [2.24, 2.45) is 5.41 Å². The molecule has 0 saturated heterocycles. The molecule has 2 rings (SSSR count). The first-order valence-electron chi connectivity index (χ1n) is 6.57. The van der Waals surface area contributed by atoms with Gasteiger partial charge in [0, 0.05) is 6.07 Å². The van der Waals surface area contributed by atoms with Crippen LogP contribution >= 0.6 is 11.6 Å². The number of aromatic nitrogens is 1. The highest BCUT2D eigenvalue weighted by molar-refractivity contribution is 6.29. The van der Waals surface area contributed by atoms with E-state index in [1.165, 1.54) is 0 Å². The maximum absolute atomic E-state index is 12.7. The van der Waals surface area contributed by atoms with Crippen molar-refractivity contribution in [3.8, 4) is 5.88 Å². The number of hydrogen-bond donors (Lipinski definition) is 0. The molecular weight excluding hydrogens is 291 g/mol. The Morgan fingerprint density at radius 3 is 2.40 bits per heavy atom. The third-order valence-corrected chi connectivity index (χ3v) is 3.87. The van der Waals surface area contributed by atoms with Crippen LogP contribution in [0.4, 0.5) is 13.2 Å². The molecule has 0 radical (unpaired) electrons. The lowest BCUT2D eigenvalue weighted by Gasteiger charge is -2.34. The Balaban J connectivity index is 2.09. The summed E-state index contributed by atoms with van der Waals surface area (Å²) in [4.78, 5) is 3.82. The SMILES string of the molecule is CC1(C)CCC(Oc2cc(C(F)(F)F)cc(Cl)n2)CC1. The van der Waals surface area contributed by atoms with Gasteiger partial charge in [0.25, 0.3) is 0 Å². The Morgan fingerprint density at radius 1 is 1.25 bits per heavy atom. The molecule has 1 saturated carbocycles. The van der Waals surface area contributed by atoms with Crippen LogP contribution in [0.3, 0.4) is 0 Å². The molecule has 1 aliphatic rings. The smallest absolute Gasteiger partial charge is 0.416 e.